The van der Waals surface area contributed by atoms with Gasteiger partial charge in [0.1, 0.15) is 5.75 Å². The Balaban J connectivity index is 1.63. The molecule has 1 atom stereocenters. The average Bonchev–Trinajstić information content (AvgIpc) is 2.78. The number of hydrogen-bond donors (Lipinski definition) is 2. The van der Waals surface area contributed by atoms with Crippen molar-refractivity contribution in [3.05, 3.63) is 87.9 Å². The number of carbonyl (C=O) groups is 2. The molecule has 0 spiro atoms. The normalized spacial score (nSPS) is 12.1. The molecule has 3 rings (SSSR count). The summed E-state index contributed by atoms with van der Waals surface area (Å²) in [7, 11) is 0. The molecule has 0 fully saturated rings. The van der Waals surface area contributed by atoms with Crippen LogP contribution in [0.25, 0.3) is 0 Å². The van der Waals surface area contributed by atoms with Gasteiger partial charge in [-0.05, 0) is 80.4 Å². The number of rotatable bonds is 6. The summed E-state index contributed by atoms with van der Waals surface area (Å²) >= 11 is 5.92. The summed E-state index contributed by atoms with van der Waals surface area (Å²) in [6.07, 6.45) is -5.61. The summed E-state index contributed by atoms with van der Waals surface area (Å²) in [5, 5.41) is 5.17. The zero-order valence-electron chi connectivity index (χ0n) is 18.6. The van der Waals surface area contributed by atoms with E-state index in [0.717, 1.165) is 29.3 Å². The maximum atomic E-state index is 12.9. The molecule has 34 heavy (non-hydrogen) atoms. The van der Waals surface area contributed by atoms with Gasteiger partial charge in [0, 0.05) is 11.3 Å². The highest BCUT2D eigenvalue weighted by Gasteiger charge is 2.31. The second-order valence-corrected chi connectivity index (χ2v) is 8.07. The first-order chi connectivity index (χ1) is 16.0. The summed E-state index contributed by atoms with van der Waals surface area (Å²) in [6.45, 7) is 5.31. The Bertz CT molecular complexity index is 1210. The van der Waals surface area contributed by atoms with E-state index in [1.165, 1.54) is 19.1 Å². The van der Waals surface area contributed by atoms with Crippen molar-refractivity contribution in [2.45, 2.75) is 33.1 Å². The van der Waals surface area contributed by atoms with Crippen LogP contribution < -0.4 is 15.4 Å². The van der Waals surface area contributed by atoms with Crippen LogP contribution in [0.15, 0.2) is 60.7 Å². The van der Waals surface area contributed by atoms with E-state index < -0.39 is 23.8 Å². The van der Waals surface area contributed by atoms with Gasteiger partial charge in [0.2, 0.25) is 0 Å². The van der Waals surface area contributed by atoms with E-state index in [-0.39, 0.29) is 16.6 Å². The van der Waals surface area contributed by atoms with Gasteiger partial charge < -0.3 is 15.4 Å². The van der Waals surface area contributed by atoms with Gasteiger partial charge in [-0.3, -0.25) is 9.59 Å². The number of ether oxygens (including phenoxy) is 1. The number of benzene rings is 3. The van der Waals surface area contributed by atoms with Gasteiger partial charge in [0.05, 0.1) is 16.3 Å². The molecule has 0 saturated carbocycles. The zero-order valence-corrected chi connectivity index (χ0v) is 19.3. The number of carbonyl (C=O) groups excluding carboxylic acids is 2. The van der Waals surface area contributed by atoms with Crippen molar-refractivity contribution in [2.75, 3.05) is 10.6 Å². The number of nitrogens with one attached hydrogen (secondary N) is 2. The predicted octanol–water partition coefficient (Wildman–Crippen LogP) is 6.63. The highest BCUT2D eigenvalue weighted by Crippen LogP contribution is 2.34. The van der Waals surface area contributed by atoms with Crippen molar-refractivity contribution in [1.82, 2.24) is 0 Å². The van der Waals surface area contributed by atoms with E-state index in [1.807, 2.05) is 32.0 Å². The fraction of sp³-hybridized carbons (Fsp3) is 0.200. The first kappa shape index (κ1) is 25.1. The van der Waals surface area contributed by atoms with Crippen LogP contribution in [-0.2, 0) is 11.0 Å². The lowest BCUT2D eigenvalue weighted by Gasteiger charge is -2.17. The SMILES string of the molecule is Cc1cccc(NC(=O)c2ccc(O[C@@H](C)C(=O)Nc3cc(C(F)(F)F)ccc3Cl)cc2)c1C. The number of hydrogen-bond acceptors (Lipinski definition) is 3. The van der Waals surface area contributed by atoms with E-state index in [0.29, 0.717) is 17.0 Å². The first-order valence-corrected chi connectivity index (χ1v) is 10.7. The lowest BCUT2D eigenvalue weighted by Crippen LogP contribution is -2.30. The molecule has 0 aromatic heterocycles. The smallest absolute Gasteiger partial charge is 0.416 e. The van der Waals surface area contributed by atoms with Gasteiger partial charge in [-0.25, -0.2) is 0 Å². The molecule has 2 N–H and O–H groups in total. The zero-order chi connectivity index (χ0) is 25.0. The molecule has 0 saturated heterocycles. The molecule has 0 heterocycles. The minimum atomic E-state index is -4.57. The molecule has 9 heteroatoms. The molecule has 3 aromatic rings. The van der Waals surface area contributed by atoms with Gasteiger partial charge in [0.25, 0.3) is 11.8 Å². The molecular formula is C25H22ClF3N2O3. The standard InChI is InChI=1S/C25H22ClF3N2O3/c1-14-5-4-6-21(15(14)2)30-24(33)17-7-10-19(11-8-17)34-16(3)23(32)31-22-13-18(25(27,28)29)9-12-20(22)26/h4-13,16H,1-3H3,(H,30,33)(H,31,32)/t16-/m0/s1. The van der Waals surface area contributed by atoms with Gasteiger partial charge in [-0.15, -0.1) is 0 Å². The highest BCUT2D eigenvalue weighted by atomic mass is 35.5. The molecule has 0 aliphatic rings. The summed E-state index contributed by atoms with van der Waals surface area (Å²) in [5.74, 6) is -0.677. The Hall–Kier alpha value is -3.52. The largest absolute Gasteiger partial charge is 0.481 e. The van der Waals surface area contributed by atoms with Crippen molar-refractivity contribution in [1.29, 1.82) is 0 Å². The minimum absolute atomic E-state index is 0.0345. The molecule has 0 aliphatic carbocycles. The Kier molecular flexibility index (Phi) is 7.51. The van der Waals surface area contributed by atoms with Crippen molar-refractivity contribution in [3.63, 3.8) is 0 Å². The molecule has 0 aliphatic heterocycles. The summed E-state index contributed by atoms with van der Waals surface area (Å²) < 4.78 is 44.3. The van der Waals surface area contributed by atoms with Gasteiger partial charge >= 0.3 is 6.18 Å². The second kappa shape index (κ2) is 10.2. The monoisotopic (exact) mass is 490 g/mol. The molecule has 3 aromatic carbocycles. The fourth-order valence-electron chi connectivity index (χ4n) is 3.06. The number of anilines is 2. The van der Waals surface area contributed by atoms with E-state index in [4.69, 9.17) is 16.3 Å². The average molecular weight is 491 g/mol. The van der Waals surface area contributed by atoms with Crippen LogP contribution in [0.2, 0.25) is 5.02 Å². The number of amides is 2. The first-order valence-electron chi connectivity index (χ1n) is 10.3. The van der Waals surface area contributed by atoms with Crippen LogP contribution in [0.4, 0.5) is 24.5 Å². The van der Waals surface area contributed by atoms with E-state index in [2.05, 4.69) is 10.6 Å². The number of aryl methyl sites for hydroxylation is 1. The van der Waals surface area contributed by atoms with Crippen LogP contribution >= 0.6 is 11.6 Å². The second-order valence-electron chi connectivity index (χ2n) is 7.67. The van der Waals surface area contributed by atoms with Crippen LogP contribution in [0.3, 0.4) is 0 Å². The molecular weight excluding hydrogens is 469 g/mol. The lowest BCUT2D eigenvalue weighted by atomic mass is 10.1. The van der Waals surface area contributed by atoms with Crippen molar-refractivity contribution < 1.29 is 27.5 Å². The summed E-state index contributed by atoms with van der Waals surface area (Å²) in [6, 6.07) is 14.4. The fourth-order valence-corrected chi connectivity index (χ4v) is 3.22. The lowest BCUT2D eigenvalue weighted by molar-refractivity contribution is -0.137. The topological polar surface area (TPSA) is 67.4 Å². The predicted molar refractivity (Wildman–Crippen MR) is 125 cm³/mol. The van der Waals surface area contributed by atoms with E-state index >= 15 is 0 Å². The molecule has 5 nitrogen and oxygen atoms in total. The van der Waals surface area contributed by atoms with Crippen molar-refractivity contribution in [2.24, 2.45) is 0 Å². The summed E-state index contributed by atoms with van der Waals surface area (Å²) in [5.41, 5.74) is 2.02. The minimum Gasteiger partial charge on any atom is -0.481 e. The highest BCUT2D eigenvalue weighted by molar-refractivity contribution is 6.33. The number of halogens is 4. The maximum absolute atomic E-state index is 12.9. The van der Waals surface area contributed by atoms with Crippen molar-refractivity contribution in [3.8, 4) is 5.75 Å². The third kappa shape index (κ3) is 6.08. The van der Waals surface area contributed by atoms with Crippen LogP contribution in [0, 0.1) is 13.8 Å². The maximum Gasteiger partial charge on any atom is 0.416 e. The third-order valence-electron chi connectivity index (χ3n) is 5.20. The van der Waals surface area contributed by atoms with Gasteiger partial charge in [-0.1, -0.05) is 23.7 Å². The van der Waals surface area contributed by atoms with Crippen LogP contribution in [-0.4, -0.2) is 17.9 Å². The van der Waals surface area contributed by atoms with Crippen LogP contribution in [0.5, 0.6) is 5.75 Å². The Labute approximate surface area is 199 Å². The molecule has 2 amide bonds. The molecule has 178 valence electrons. The van der Waals surface area contributed by atoms with E-state index in [1.54, 1.807) is 12.1 Å². The Morgan fingerprint density at radius 1 is 0.941 bits per heavy atom. The third-order valence-corrected chi connectivity index (χ3v) is 5.53. The van der Waals surface area contributed by atoms with E-state index in [9.17, 15) is 22.8 Å². The quantitative estimate of drug-likeness (QED) is 0.407. The Morgan fingerprint density at radius 2 is 1.62 bits per heavy atom. The molecule has 0 unspecified atom stereocenters. The van der Waals surface area contributed by atoms with Gasteiger partial charge in [-0.2, -0.15) is 13.2 Å². The molecule has 0 radical (unpaired) electrons. The molecule has 0 bridgehead atoms. The van der Waals surface area contributed by atoms with Gasteiger partial charge in [0.15, 0.2) is 6.10 Å². The summed E-state index contributed by atoms with van der Waals surface area (Å²) in [4.78, 5) is 25.0. The van der Waals surface area contributed by atoms with Crippen LogP contribution in [0.1, 0.15) is 34.0 Å². The number of alkyl halides is 3. The van der Waals surface area contributed by atoms with Crippen molar-refractivity contribution >= 4 is 34.8 Å². The Morgan fingerprint density at radius 3 is 2.26 bits per heavy atom.